The van der Waals surface area contributed by atoms with Crippen LogP contribution in [0.1, 0.15) is 67.7 Å². The number of hydrogen-bond donors (Lipinski definition) is 1. The number of rotatable bonds is 13. The van der Waals surface area contributed by atoms with Gasteiger partial charge in [-0.1, -0.05) is 11.4 Å². The van der Waals surface area contributed by atoms with E-state index < -0.39 is 34.9 Å². The average molecular weight is 414 g/mol. The minimum atomic E-state index is -1.16. The molecule has 0 amide bonds. The van der Waals surface area contributed by atoms with Crippen LogP contribution in [0.25, 0.3) is 4.85 Å². The van der Waals surface area contributed by atoms with E-state index in [4.69, 9.17) is 31.3 Å². The van der Waals surface area contributed by atoms with Gasteiger partial charge in [-0.05, 0) is 48.5 Å². The molecule has 29 heavy (non-hydrogen) atoms. The normalized spacial score (nSPS) is 13.2. The van der Waals surface area contributed by atoms with Crippen LogP contribution in [0.2, 0.25) is 0 Å². The quantitative estimate of drug-likeness (QED) is 0.280. The number of nitrogens with zero attached hydrogens (tertiary/aromatic N) is 1. The first-order valence-corrected chi connectivity index (χ1v) is 9.63. The van der Waals surface area contributed by atoms with E-state index in [0.717, 1.165) is 0 Å². The van der Waals surface area contributed by atoms with Crippen molar-refractivity contribution in [2.24, 2.45) is 5.73 Å². The fourth-order valence-electron chi connectivity index (χ4n) is 2.18. The van der Waals surface area contributed by atoms with E-state index in [9.17, 15) is 9.59 Å². The molecule has 8 nitrogen and oxygen atoms in total. The predicted molar refractivity (Wildman–Crippen MR) is 111 cm³/mol. The molecule has 2 N–H and O–H groups in total. The van der Waals surface area contributed by atoms with Gasteiger partial charge in [0, 0.05) is 12.8 Å². The molecule has 0 saturated carbocycles. The molecule has 0 fully saturated rings. The van der Waals surface area contributed by atoms with Gasteiger partial charge in [-0.15, -0.1) is 0 Å². The Morgan fingerprint density at radius 2 is 1.55 bits per heavy atom. The molecule has 0 aliphatic carbocycles. The van der Waals surface area contributed by atoms with Crippen LogP contribution in [-0.2, 0) is 28.5 Å². The van der Waals surface area contributed by atoms with Gasteiger partial charge in [0.15, 0.2) is 0 Å². The lowest BCUT2D eigenvalue weighted by atomic mass is 10.0. The van der Waals surface area contributed by atoms with Crippen molar-refractivity contribution >= 4 is 11.9 Å². The second kappa shape index (κ2) is 11.2. The molecule has 0 spiro atoms. The Labute approximate surface area is 174 Å². The summed E-state index contributed by atoms with van der Waals surface area (Å²) in [5.74, 6) is -0.725. The van der Waals surface area contributed by atoms with Crippen LogP contribution < -0.4 is 5.73 Å². The maximum atomic E-state index is 12.4. The van der Waals surface area contributed by atoms with Crippen LogP contribution in [0.15, 0.2) is 12.3 Å². The van der Waals surface area contributed by atoms with Crippen molar-refractivity contribution in [3.05, 3.63) is 17.2 Å². The molecule has 0 saturated heterocycles. The SMILES string of the molecule is C#[N+]C(CC(=O)OC(C)(C)CCOC(=C)C)C(=O)OC(C)(C)CCOC(C)(C)N. The number of nitrogens with two attached hydrogens (primary N) is 1. The second-order valence-electron chi connectivity index (χ2n) is 8.79. The summed E-state index contributed by atoms with van der Waals surface area (Å²) >= 11 is 0. The van der Waals surface area contributed by atoms with Crippen LogP contribution in [0, 0.1) is 6.57 Å². The van der Waals surface area contributed by atoms with E-state index in [1.54, 1.807) is 48.5 Å². The Hall–Kier alpha value is -2.11. The van der Waals surface area contributed by atoms with Gasteiger partial charge in [0.05, 0.1) is 19.0 Å². The summed E-state index contributed by atoms with van der Waals surface area (Å²) in [6.07, 6.45) is 0.560. The highest BCUT2D eigenvalue weighted by atomic mass is 16.6. The van der Waals surface area contributed by atoms with Crippen molar-refractivity contribution in [3.8, 4) is 6.57 Å². The monoisotopic (exact) mass is 413 g/mol. The molecule has 1 unspecified atom stereocenters. The summed E-state index contributed by atoms with van der Waals surface area (Å²) in [4.78, 5) is 28.1. The van der Waals surface area contributed by atoms with Crippen molar-refractivity contribution in [1.82, 2.24) is 0 Å². The van der Waals surface area contributed by atoms with E-state index in [-0.39, 0.29) is 6.42 Å². The molecule has 0 aromatic rings. The topological polar surface area (TPSA) is 101 Å². The average Bonchev–Trinajstić information content (AvgIpc) is 2.49. The Balaban J connectivity index is 4.65. The zero-order valence-corrected chi connectivity index (χ0v) is 18.9. The first kappa shape index (κ1) is 26.9. The Kier molecular flexibility index (Phi) is 10.4. The molecule has 0 aromatic heterocycles. The minimum Gasteiger partial charge on any atom is -0.499 e. The van der Waals surface area contributed by atoms with E-state index >= 15 is 0 Å². The van der Waals surface area contributed by atoms with Crippen LogP contribution in [0.4, 0.5) is 0 Å². The predicted octanol–water partition coefficient (Wildman–Crippen LogP) is 3.39. The van der Waals surface area contributed by atoms with Crippen LogP contribution in [0.5, 0.6) is 0 Å². The zero-order chi connectivity index (χ0) is 22.9. The standard InChI is InChI=1S/C21H37N2O6/c1-15(2)26-12-10-19(3,4)28-17(24)14-16(23-9)18(25)29-20(5,6)11-13-27-21(7,8)22/h9,16H,1,10-14,22H2,2-8H3/q+1. The highest BCUT2D eigenvalue weighted by Gasteiger charge is 2.38. The van der Waals surface area contributed by atoms with E-state index in [0.29, 0.717) is 31.8 Å². The van der Waals surface area contributed by atoms with Gasteiger partial charge in [-0.3, -0.25) is 4.79 Å². The molecular formula is C21H37N2O6+. The van der Waals surface area contributed by atoms with Crippen LogP contribution in [-0.4, -0.2) is 48.1 Å². The highest BCUT2D eigenvalue weighted by molar-refractivity contribution is 5.84. The minimum absolute atomic E-state index is 0.302. The summed E-state index contributed by atoms with van der Waals surface area (Å²) in [7, 11) is 0. The lowest BCUT2D eigenvalue weighted by molar-refractivity contribution is -0.166. The van der Waals surface area contributed by atoms with Gasteiger partial charge in [0.1, 0.15) is 23.3 Å². The van der Waals surface area contributed by atoms with Crippen molar-refractivity contribution in [3.63, 3.8) is 0 Å². The summed E-state index contributed by atoms with van der Waals surface area (Å²) in [5, 5.41) is 0. The summed E-state index contributed by atoms with van der Waals surface area (Å²) in [6.45, 7) is 21.8. The maximum absolute atomic E-state index is 12.4. The number of esters is 2. The highest BCUT2D eigenvalue weighted by Crippen LogP contribution is 2.20. The number of allylic oxidation sites excluding steroid dienone is 1. The molecule has 8 heteroatoms. The van der Waals surface area contributed by atoms with Gasteiger partial charge in [-0.25, -0.2) is 4.79 Å². The van der Waals surface area contributed by atoms with Crippen molar-refractivity contribution in [2.45, 2.75) is 90.7 Å². The van der Waals surface area contributed by atoms with E-state index in [1.807, 2.05) is 0 Å². The summed E-state index contributed by atoms with van der Waals surface area (Å²) < 4.78 is 21.6. The summed E-state index contributed by atoms with van der Waals surface area (Å²) in [6, 6.07) is -1.16. The largest absolute Gasteiger partial charge is 0.499 e. The van der Waals surface area contributed by atoms with Crippen molar-refractivity contribution in [2.75, 3.05) is 13.2 Å². The maximum Gasteiger partial charge on any atom is 0.396 e. The third-order valence-electron chi connectivity index (χ3n) is 3.81. The fraction of sp³-hybridized carbons (Fsp3) is 0.762. The number of ether oxygens (including phenoxy) is 4. The Morgan fingerprint density at radius 3 is 2.03 bits per heavy atom. The molecular weight excluding hydrogens is 376 g/mol. The molecule has 166 valence electrons. The van der Waals surface area contributed by atoms with Gasteiger partial charge < -0.3 is 24.7 Å². The Bertz CT molecular complexity index is 614. The Morgan fingerprint density at radius 1 is 1.03 bits per heavy atom. The smallest absolute Gasteiger partial charge is 0.396 e. The van der Waals surface area contributed by atoms with Gasteiger partial charge >= 0.3 is 18.0 Å². The summed E-state index contributed by atoms with van der Waals surface area (Å²) in [5.41, 5.74) is 3.37. The molecule has 0 radical (unpaired) electrons. The van der Waals surface area contributed by atoms with Crippen LogP contribution in [0.3, 0.4) is 0 Å². The van der Waals surface area contributed by atoms with Crippen LogP contribution >= 0.6 is 0 Å². The molecule has 0 rings (SSSR count). The molecule has 0 aliphatic rings. The van der Waals surface area contributed by atoms with E-state index in [1.165, 1.54) is 0 Å². The fourth-order valence-corrected chi connectivity index (χ4v) is 2.18. The second-order valence-corrected chi connectivity index (χ2v) is 8.79. The lowest BCUT2D eigenvalue weighted by Gasteiger charge is -2.27. The first-order valence-electron chi connectivity index (χ1n) is 9.63. The van der Waals surface area contributed by atoms with Crippen molar-refractivity contribution < 1.29 is 28.5 Å². The zero-order valence-electron chi connectivity index (χ0n) is 18.9. The third kappa shape index (κ3) is 13.7. The van der Waals surface area contributed by atoms with Crippen molar-refractivity contribution in [1.29, 1.82) is 0 Å². The molecule has 0 bridgehead atoms. The molecule has 0 heterocycles. The van der Waals surface area contributed by atoms with Gasteiger partial charge in [0.25, 0.3) is 6.57 Å². The first-order chi connectivity index (χ1) is 13.1. The molecule has 0 aliphatic heterocycles. The molecule has 1 atom stereocenters. The van der Waals surface area contributed by atoms with Gasteiger partial charge in [-0.2, -0.15) is 0 Å². The van der Waals surface area contributed by atoms with E-state index in [2.05, 4.69) is 11.4 Å². The van der Waals surface area contributed by atoms with Gasteiger partial charge in [0.2, 0.25) is 0 Å². The lowest BCUT2D eigenvalue weighted by Crippen LogP contribution is -2.39. The number of hydrogen-bond acceptors (Lipinski definition) is 7. The number of carbonyl (C=O) groups excluding carboxylic acids is 2. The molecule has 0 aromatic carbocycles. The number of carbonyl (C=O) groups is 2. The third-order valence-corrected chi connectivity index (χ3v) is 3.81.